The molecule has 1 spiro atoms. The molecule has 0 radical (unpaired) electrons. The van der Waals surface area contributed by atoms with Crippen LogP contribution in [0.15, 0.2) is 12.1 Å². The normalized spacial score (nSPS) is 24.6. The van der Waals surface area contributed by atoms with E-state index in [1.807, 2.05) is 30.9 Å². The van der Waals surface area contributed by atoms with Crippen LogP contribution in [0.4, 0.5) is 0 Å². The Morgan fingerprint density at radius 3 is 2.77 bits per heavy atom. The summed E-state index contributed by atoms with van der Waals surface area (Å²) >= 11 is 0. The summed E-state index contributed by atoms with van der Waals surface area (Å²) in [5.74, 6) is 0.0144. The number of aromatic nitrogens is 1. The number of ether oxygens (including phenoxy) is 1. The molecular weight excluding hydrogens is 282 g/mol. The second-order valence-electron chi connectivity index (χ2n) is 6.25. The topological polar surface area (TPSA) is 71.5 Å². The van der Waals surface area contributed by atoms with Crippen molar-refractivity contribution in [3.63, 3.8) is 0 Å². The number of hydrogen-bond acceptors (Lipinski definition) is 4. The summed E-state index contributed by atoms with van der Waals surface area (Å²) in [4.78, 5) is 29.9. The fraction of sp³-hybridized carbons (Fsp3) is 0.562. The number of amides is 2. The highest BCUT2D eigenvalue weighted by atomic mass is 16.5. The Balaban J connectivity index is 1.63. The van der Waals surface area contributed by atoms with Crippen LogP contribution in [0.3, 0.4) is 0 Å². The van der Waals surface area contributed by atoms with Gasteiger partial charge in [-0.1, -0.05) is 0 Å². The first-order chi connectivity index (χ1) is 10.5. The molecule has 1 N–H and O–H groups in total. The van der Waals surface area contributed by atoms with Crippen molar-refractivity contribution in [1.82, 2.24) is 15.2 Å². The van der Waals surface area contributed by atoms with E-state index in [1.54, 1.807) is 0 Å². The van der Waals surface area contributed by atoms with Crippen LogP contribution in [-0.4, -0.2) is 53.5 Å². The predicted molar refractivity (Wildman–Crippen MR) is 80.3 cm³/mol. The fourth-order valence-electron chi connectivity index (χ4n) is 3.21. The lowest BCUT2D eigenvalue weighted by atomic mass is 10.0. The van der Waals surface area contributed by atoms with E-state index < -0.39 is 5.60 Å². The predicted octanol–water partition coefficient (Wildman–Crippen LogP) is 0.358. The largest absolute Gasteiger partial charge is 0.361 e. The van der Waals surface area contributed by atoms with E-state index in [4.69, 9.17) is 4.74 Å². The third-order valence-electron chi connectivity index (χ3n) is 4.28. The lowest BCUT2D eigenvalue weighted by molar-refractivity contribution is -0.143. The Morgan fingerprint density at radius 2 is 2.14 bits per heavy atom. The van der Waals surface area contributed by atoms with E-state index in [1.165, 1.54) is 0 Å². The lowest BCUT2D eigenvalue weighted by Crippen LogP contribution is -2.54. The Kier molecular flexibility index (Phi) is 3.87. The molecule has 118 valence electrons. The Bertz CT molecular complexity index is 584. The second kappa shape index (κ2) is 5.68. The zero-order valence-corrected chi connectivity index (χ0v) is 13.0. The van der Waals surface area contributed by atoms with E-state index >= 15 is 0 Å². The number of nitrogens with zero attached hydrogens (tertiary/aromatic N) is 2. The molecule has 6 heteroatoms. The van der Waals surface area contributed by atoms with Crippen LogP contribution in [0.1, 0.15) is 23.4 Å². The number of pyridine rings is 1. The number of nitrogens with one attached hydrogen (secondary N) is 1. The molecule has 2 saturated heterocycles. The van der Waals surface area contributed by atoms with Crippen molar-refractivity contribution in [2.24, 2.45) is 0 Å². The van der Waals surface area contributed by atoms with Gasteiger partial charge in [-0.3, -0.25) is 14.6 Å². The smallest absolute Gasteiger partial charge is 0.246 e. The van der Waals surface area contributed by atoms with Crippen LogP contribution in [0.2, 0.25) is 0 Å². The molecule has 0 bridgehead atoms. The summed E-state index contributed by atoms with van der Waals surface area (Å²) in [5, 5.41) is 2.83. The van der Waals surface area contributed by atoms with Gasteiger partial charge in [0.2, 0.25) is 11.8 Å². The SMILES string of the molecule is Cc1cc(CC(=O)N2CCC3(CNC(=O)CO3)C2)cc(C)n1. The number of aryl methyl sites for hydroxylation is 2. The first-order valence-corrected chi connectivity index (χ1v) is 7.58. The number of hydrogen-bond donors (Lipinski definition) is 1. The molecule has 2 fully saturated rings. The molecule has 0 aliphatic carbocycles. The van der Waals surface area contributed by atoms with Crippen molar-refractivity contribution in [3.05, 3.63) is 29.1 Å². The molecule has 0 saturated carbocycles. The molecule has 6 nitrogen and oxygen atoms in total. The van der Waals surface area contributed by atoms with E-state index in [-0.39, 0.29) is 18.4 Å². The molecule has 1 atom stereocenters. The molecule has 3 heterocycles. The maximum Gasteiger partial charge on any atom is 0.246 e. The summed E-state index contributed by atoms with van der Waals surface area (Å²) < 4.78 is 5.69. The van der Waals surface area contributed by atoms with Crippen molar-refractivity contribution >= 4 is 11.8 Å². The highest BCUT2D eigenvalue weighted by molar-refractivity contribution is 5.80. The average molecular weight is 303 g/mol. The molecular formula is C16H21N3O3. The van der Waals surface area contributed by atoms with Gasteiger partial charge in [0.05, 0.1) is 13.0 Å². The Morgan fingerprint density at radius 1 is 1.41 bits per heavy atom. The molecule has 0 aromatic carbocycles. The number of rotatable bonds is 2. The fourth-order valence-corrected chi connectivity index (χ4v) is 3.21. The molecule has 2 aliphatic rings. The highest BCUT2D eigenvalue weighted by Gasteiger charge is 2.43. The van der Waals surface area contributed by atoms with Gasteiger partial charge in [0, 0.05) is 24.5 Å². The van der Waals surface area contributed by atoms with Gasteiger partial charge in [0.25, 0.3) is 0 Å². The Labute approximate surface area is 129 Å². The van der Waals surface area contributed by atoms with Crippen molar-refractivity contribution in [2.45, 2.75) is 32.3 Å². The maximum atomic E-state index is 12.5. The van der Waals surface area contributed by atoms with Gasteiger partial charge < -0.3 is 15.0 Å². The summed E-state index contributed by atoms with van der Waals surface area (Å²) in [6.45, 7) is 5.68. The number of likely N-dealkylation sites (tertiary alicyclic amines) is 1. The summed E-state index contributed by atoms with van der Waals surface area (Å²) in [5.41, 5.74) is 2.46. The van der Waals surface area contributed by atoms with E-state index in [0.717, 1.165) is 23.4 Å². The minimum atomic E-state index is -0.395. The zero-order valence-electron chi connectivity index (χ0n) is 13.0. The van der Waals surface area contributed by atoms with E-state index in [9.17, 15) is 9.59 Å². The van der Waals surface area contributed by atoms with Crippen molar-refractivity contribution in [1.29, 1.82) is 0 Å². The summed E-state index contributed by atoms with van der Waals surface area (Å²) in [7, 11) is 0. The van der Waals surface area contributed by atoms with Crippen LogP contribution in [-0.2, 0) is 20.7 Å². The first kappa shape index (κ1) is 15.0. The van der Waals surface area contributed by atoms with Crippen LogP contribution in [0, 0.1) is 13.8 Å². The van der Waals surface area contributed by atoms with Gasteiger partial charge >= 0.3 is 0 Å². The van der Waals surface area contributed by atoms with Crippen molar-refractivity contribution in [2.75, 3.05) is 26.2 Å². The number of carbonyl (C=O) groups is 2. The first-order valence-electron chi connectivity index (χ1n) is 7.58. The van der Waals surface area contributed by atoms with Crippen LogP contribution < -0.4 is 5.32 Å². The molecule has 3 rings (SSSR count). The van der Waals surface area contributed by atoms with Gasteiger partial charge in [-0.15, -0.1) is 0 Å². The Hall–Kier alpha value is -1.95. The molecule has 1 unspecified atom stereocenters. The third kappa shape index (κ3) is 3.11. The van der Waals surface area contributed by atoms with Crippen LogP contribution in [0.25, 0.3) is 0 Å². The van der Waals surface area contributed by atoms with E-state index in [2.05, 4.69) is 10.3 Å². The average Bonchev–Trinajstić information content (AvgIpc) is 2.86. The van der Waals surface area contributed by atoms with Gasteiger partial charge in [0.15, 0.2) is 0 Å². The lowest BCUT2D eigenvalue weighted by Gasteiger charge is -2.33. The van der Waals surface area contributed by atoms with Crippen LogP contribution in [0.5, 0.6) is 0 Å². The monoisotopic (exact) mass is 303 g/mol. The maximum absolute atomic E-state index is 12.5. The quantitative estimate of drug-likeness (QED) is 0.856. The highest BCUT2D eigenvalue weighted by Crippen LogP contribution is 2.27. The molecule has 2 aliphatic heterocycles. The van der Waals surface area contributed by atoms with Gasteiger partial charge in [-0.25, -0.2) is 0 Å². The van der Waals surface area contributed by atoms with Gasteiger partial charge in [-0.05, 0) is 38.0 Å². The second-order valence-corrected chi connectivity index (χ2v) is 6.25. The van der Waals surface area contributed by atoms with Crippen LogP contribution >= 0.6 is 0 Å². The molecule has 1 aromatic heterocycles. The summed E-state index contributed by atoms with van der Waals surface area (Å²) in [6.07, 6.45) is 1.15. The van der Waals surface area contributed by atoms with Gasteiger partial charge in [0.1, 0.15) is 12.2 Å². The van der Waals surface area contributed by atoms with Crippen molar-refractivity contribution < 1.29 is 14.3 Å². The number of carbonyl (C=O) groups excluding carboxylic acids is 2. The minimum Gasteiger partial charge on any atom is -0.361 e. The zero-order chi connectivity index (χ0) is 15.7. The summed E-state index contributed by atoms with van der Waals surface area (Å²) in [6, 6.07) is 3.90. The number of morpholine rings is 1. The standard InChI is InChI=1S/C16H21N3O3/c1-11-5-13(6-12(2)18-11)7-15(21)19-4-3-16(10-19)9-17-14(20)8-22-16/h5-6H,3-4,7-10H2,1-2H3,(H,17,20). The van der Waals surface area contributed by atoms with Gasteiger partial charge in [-0.2, -0.15) is 0 Å². The molecule has 22 heavy (non-hydrogen) atoms. The van der Waals surface area contributed by atoms with E-state index in [0.29, 0.717) is 26.1 Å². The van der Waals surface area contributed by atoms with Crippen molar-refractivity contribution in [3.8, 4) is 0 Å². The minimum absolute atomic E-state index is 0.0851. The third-order valence-corrected chi connectivity index (χ3v) is 4.28. The molecule has 1 aromatic rings. The molecule has 2 amide bonds.